The summed E-state index contributed by atoms with van der Waals surface area (Å²) in [4.78, 5) is 42.2. The highest BCUT2D eigenvalue weighted by Crippen LogP contribution is 2.41. The molecular weight excluding hydrogens is 617 g/mol. The number of aromatic carboxylic acids is 1. The topological polar surface area (TPSA) is 161 Å². The molecule has 2 aliphatic heterocycles. The molecule has 1 saturated heterocycles. The first-order chi connectivity index (χ1) is 22.2. The zero-order valence-corrected chi connectivity index (χ0v) is 25.8. The van der Waals surface area contributed by atoms with Crippen LogP contribution in [0.15, 0.2) is 48.1 Å². The summed E-state index contributed by atoms with van der Waals surface area (Å²) in [5, 5.41) is 26.1. The quantitative estimate of drug-likeness (QED) is 0.205. The van der Waals surface area contributed by atoms with Crippen LogP contribution in [-0.4, -0.2) is 67.5 Å². The standard InChI is InChI=1S/C31H32FN7O6S/c1-31(16-27(40)35-30-33-8-12-46-30)23-15-26(45-21-4-5-22(29(42)43)24(32)14-21)25(13-19(23)6-7-34-31)44-11-10-39-18-20(36-37-39)17-38-9-2-3-28(38)41/h4-5,8,12-15,18,34H,2-3,6-7,9-11,16-17H2,1H3,(H,42,43)(H,33,35,40)/t31-/m1/s1. The number of fused-ring (bicyclic) bond motifs is 1. The Balaban J connectivity index is 1.23. The maximum atomic E-state index is 14.6. The van der Waals surface area contributed by atoms with E-state index in [0.29, 0.717) is 55.6 Å². The molecule has 0 radical (unpaired) electrons. The molecule has 0 aliphatic carbocycles. The number of likely N-dealkylation sites (tertiary alicyclic amines) is 1. The van der Waals surface area contributed by atoms with E-state index in [9.17, 15) is 23.9 Å². The van der Waals surface area contributed by atoms with Gasteiger partial charge in [0, 0.05) is 49.1 Å². The number of amides is 2. The molecule has 46 heavy (non-hydrogen) atoms. The van der Waals surface area contributed by atoms with Crippen LogP contribution in [0.25, 0.3) is 0 Å². The summed E-state index contributed by atoms with van der Waals surface area (Å²) < 4.78 is 28.5. The van der Waals surface area contributed by atoms with Gasteiger partial charge < -0.3 is 30.1 Å². The van der Waals surface area contributed by atoms with E-state index >= 15 is 0 Å². The van der Waals surface area contributed by atoms with Gasteiger partial charge >= 0.3 is 5.97 Å². The van der Waals surface area contributed by atoms with Gasteiger partial charge in [0.1, 0.15) is 23.9 Å². The molecule has 6 rings (SSSR count). The third-order valence-corrected chi connectivity index (χ3v) is 8.64. The molecule has 240 valence electrons. The van der Waals surface area contributed by atoms with Crippen LogP contribution in [0.4, 0.5) is 9.52 Å². The van der Waals surface area contributed by atoms with Crippen molar-refractivity contribution < 1.29 is 33.4 Å². The summed E-state index contributed by atoms with van der Waals surface area (Å²) in [5.74, 6) is -1.69. The summed E-state index contributed by atoms with van der Waals surface area (Å²) in [6, 6.07) is 7.15. The van der Waals surface area contributed by atoms with Gasteiger partial charge in [0.25, 0.3) is 0 Å². The van der Waals surface area contributed by atoms with E-state index in [1.807, 2.05) is 13.0 Å². The third-order valence-electron chi connectivity index (χ3n) is 7.95. The predicted octanol–water partition coefficient (Wildman–Crippen LogP) is 3.96. The molecule has 4 aromatic rings. The Kier molecular flexibility index (Phi) is 8.94. The summed E-state index contributed by atoms with van der Waals surface area (Å²) in [5.41, 5.74) is 1.22. The molecular formula is C31H32FN7O6S. The number of benzene rings is 2. The molecule has 13 nitrogen and oxygen atoms in total. The second-order valence-corrected chi connectivity index (χ2v) is 12.2. The number of carbonyl (C=O) groups is 3. The molecule has 2 aromatic carbocycles. The minimum Gasteiger partial charge on any atom is -0.488 e. The smallest absolute Gasteiger partial charge is 0.338 e. The fraction of sp³-hybridized carbons (Fsp3) is 0.355. The molecule has 15 heteroatoms. The van der Waals surface area contributed by atoms with Crippen molar-refractivity contribution in [1.82, 2.24) is 30.2 Å². The number of hydrogen-bond donors (Lipinski definition) is 3. The van der Waals surface area contributed by atoms with E-state index in [1.165, 1.54) is 17.4 Å². The second-order valence-electron chi connectivity index (χ2n) is 11.3. The Morgan fingerprint density at radius 1 is 1.22 bits per heavy atom. The second kappa shape index (κ2) is 13.2. The molecule has 0 bridgehead atoms. The summed E-state index contributed by atoms with van der Waals surface area (Å²) >= 11 is 1.33. The molecule has 4 heterocycles. The molecule has 2 aliphatic rings. The van der Waals surface area contributed by atoms with Gasteiger partial charge in [0.2, 0.25) is 11.8 Å². The number of thiazole rings is 1. The summed E-state index contributed by atoms with van der Waals surface area (Å²) in [7, 11) is 0. The molecule has 2 amide bonds. The zero-order valence-electron chi connectivity index (χ0n) is 25.0. The monoisotopic (exact) mass is 649 g/mol. The average molecular weight is 650 g/mol. The molecule has 2 aromatic heterocycles. The third kappa shape index (κ3) is 7.00. The zero-order chi connectivity index (χ0) is 32.3. The number of carboxylic acids is 1. The first-order valence-corrected chi connectivity index (χ1v) is 15.7. The minimum absolute atomic E-state index is 0.0802. The van der Waals surface area contributed by atoms with Crippen molar-refractivity contribution in [2.75, 3.05) is 25.0 Å². The Hall–Kier alpha value is -4.89. The van der Waals surface area contributed by atoms with Crippen molar-refractivity contribution in [3.63, 3.8) is 0 Å². The van der Waals surface area contributed by atoms with E-state index < -0.39 is 22.9 Å². The number of halogens is 1. The van der Waals surface area contributed by atoms with E-state index in [2.05, 4.69) is 25.9 Å². The van der Waals surface area contributed by atoms with Crippen LogP contribution in [-0.2, 0) is 34.6 Å². The first-order valence-electron chi connectivity index (χ1n) is 14.8. The maximum Gasteiger partial charge on any atom is 0.338 e. The van der Waals surface area contributed by atoms with E-state index in [4.69, 9.17) is 9.47 Å². The number of nitrogens with zero attached hydrogens (tertiary/aromatic N) is 5. The van der Waals surface area contributed by atoms with Crippen LogP contribution in [0.3, 0.4) is 0 Å². The minimum atomic E-state index is -1.39. The highest BCUT2D eigenvalue weighted by molar-refractivity contribution is 7.13. The van der Waals surface area contributed by atoms with Crippen LogP contribution < -0.4 is 20.1 Å². The maximum absolute atomic E-state index is 14.6. The number of carbonyl (C=O) groups excluding carboxylic acids is 2. The normalized spacial score (nSPS) is 17.5. The number of nitrogens with one attached hydrogen (secondary N) is 2. The number of anilines is 1. The molecule has 1 fully saturated rings. The highest BCUT2D eigenvalue weighted by Gasteiger charge is 2.35. The van der Waals surface area contributed by atoms with Crippen LogP contribution >= 0.6 is 11.3 Å². The van der Waals surface area contributed by atoms with Crippen molar-refractivity contribution in [3.8, 4) is 17.2 Å². The number of carboxylic acid groups (broad SMARTS) is 1. The van der Waals surface area contributed by atoms with Gasteiger partial charge in [-0.1, -0.05) is 5.21 Å². The lowest BCUT2D eigenvalue weighted by atomic mass is 9.81. The fourth-order valence-corrected chi connectivity index (χ4v) is 6.25. The largest absolute Gasteiger partial charge is 0.488 e. The molecule has 0 unspecified atom stereocenters. The van der Waals surface area contributed by atoms with E-state index in [0.717, 1.165) is 29.7 Å². The number of aromatic nitrogens is 4. The van der Waals surface area contributed by atoms with Gasteiger partial charge in [-0.15, -0.1) is 16.4 Å². The van der Waals surface area contributed by atoms with Gasteiger partial charge in [0.15, 0.2) is 16.6 Å². The van der Waals surface area contributed by atoms with Gasteiger partial charge in [-0.2, -0.15) is 0 Å². The lowest BCUT2D eigenvalue weighted by molar-refractivity contribution is -0.128. The molecule has 1 atom stereocenters. The van der Waals surface area contributed by atoms with E-state index in [-0.39, 0.29) is 36.3 Å². The van der Waals surface area contributed by atoms with Crippen LogP contribution in [0.2, 0.25) is 0 Å². The van der Waals surface area contributed by atoms with Gasteiger partial charge in [-0.25, -0.2) is 18.9 Å². The summed E-state index contributed by atoms with van der Waals surface area (Å²) in [6.45, 7) is 4.22. The van der Waals surface area contributed by atoms with Crippen LogP contribution in [0.1, 0.15) is 53.4 Å². The lowest BCUT2D eigenvalue weighted by Gasteiger charge is -2.37. The molecule has 0 saturated carbocycles. The van der Waals surface area contributed by atoms with Gasteiger partial charge in [-0.3, -0.25) is 9.59 Å². The number of hydrogen-bond acceptors (Lipinski definition) is 10. The first kappa shape index (κ1) is 31.1. The predicted molar refractivity (Wildman–Crippen MR) is 164 cm³/mol. The van der Waals surface area contributed by atoms with Gasteiger partial charge in [0.05, 0.1) is 24.8 Å². The van der Waals surface area contributed by atoms with Crippen molar-refractivity contribution >= 4 is 34.3 Å². The van der Waals surface area contributed by atoms with Crippen LogP contribution in [0, 0.1) is 5.82 Å². The van der Waals surface area contributed by atoms with E-state index in [1.54, 1.807) is 33.4 Å². The van der Waals surface area contributed by atoms with Crippen LogP contribution in [0.5, 0.6) is 17.2 Å². The summed E-state index contributed by atoms with van der Waals surface area (Å²) in [6.07, 6.45) is 5.57. The van der Waals surface area contributed by atoms with Crippen molar-refractivity contribution in [2.24, 2.45) is 0 Å². The van der Waals surface area contributed by atoms with Crippen molar-refractivity contribution in [2.45, 2.75) is 51.2 Å². The fourth-order valence-electron chi connectivity index (χ4n) is 5.71. The van der Waals surface area contributed by atoms with Gasteiger partial charge in [-0.05, 0) is 55.2 Å². The van der Waals surface area contributed by atoms with Crippen molar-refractivity contribution in [3.05, 3.63) is 76.3 Å². The Morgan fingerprint density at radius 3 is 2.83 bits per heavy atom. The molecule has 3 N–H and O–H groups in total. The highest BCUT2D eigenvalue weighted by atomic mass is 32.1. The number of rotatable bonds is 12. The Bertz CT molecular complexity index is 1760. The molecule has 0 spiro atoms. The lowest BCUT2D eigenvalue weighted by Crippen LogP contribution is -2.47. The average Bonchev–Trinajstić information content (AvgIpc) is 3.77. The Labute approximate surface area is 267 Å². The van der Waals surface area contributed by atoms with Crippen molar-refractivity contribution in [1.29, 1.82) is 0 Å². The SMILES string of the molecule is C[C@]1(CC(=O)Nc2nccs2)NCCc2cc(OCCn3cc(CN4CCCC4=O)nn3)c(Oc3ccc(C(=O)O)c(F)c3)cc21. The Morgan fingerprint density at radius 2 is 2.09 bits per heavy atom. The number of ether oxygens (including phenoxy) is 2.